The van der Waals surface area contributed by atoms with Gasteiger partial charge in [0.25, 0.3) is 11.8 Å². The Kier molecular flexibility index (Phi) is 7.31. The molecule has 172 valence electrons. The van der Waals surface area contributed by atoms with E-state index in [1.807, 2.05) is 31.2 Å². The highest BCUT2D eigenvalue weighted by molar-refractivity contribution is 8.27. The van der Waals surface area contributed by atoms with E-state index >= 15 is 0 Å². The number of para-hydroxylation sites is 1. The molecule has 0 aliphatic carbocycles. The molecule has 1 aliphatic heterocycles. The summed E-state index contributed by atoms with van der Waals surface area (Å²) in [6, 6.07) is 18.5. The number of carbonyl (C=O) groups is 2. The Balaban J connectivity index is 1.39. The van der Waals surface area contributed by atoms with Gasteiger partial charge in [0, 0.05) is 5.69 Å². The number of benzene rings is 3. The molecule has 1 N–H and O–H groups in total. The number of amides is 2. The van der Waals surface area contributed by atoms with Crippen LogP contribution >= 0.6 is 35.6 Å². The summed E-state index contributed by atoms with van der Waals surface area (Å²) in [5.41, 5.74) is 2.87. The SMILES string of the molecule is Cc1ccccc1NC(=O)COc1ccc(/C=C2/SC(=S)N(c3ccc(F)c(Cl)c3)C2=O)cc1. The lowest BCUT2D eigenvalue weighted by Gasteiger charge is -2.14. The summed E-state index contributed by atoms with van der Waals surface area (Å²) < 4.78 is 19.4. The van der Waals surface area contributed by atoms with E-state index in [2.05, 4.69) is 5.32 Å². The number of thioether (sulfide) groups is 1. The zero-order chi connectivity index (χ0) is 24.2. The molecule has 0 aromatic heterocycles. The van der Waals surface area contributed by atoms with E-state index in [1.165, 1.54) is 23.1 Å². The van der Waals surface area contributed by atoms with E-state index < -0.39 is 5.82 Å². The molecular weight excluding hydrogens is 495 g/mol. The highest BCUT2D eigenvalue weighted by Gasteiger charge is 2.33. The number of anilines is 2. The fourth-order valence-corrected chi connectivity index (χ4v) is 4.65. The number of hydrogen-bond donors (Lipinski definition) is 1. The molecule has 0 bridgehead atoms. The van der Waals surface area contributed by atoms with Crippen molar-refractivity contribution in [3.8, 4) is 5.75 Å². The maximum absolute atomic E-state index is 13.5. The lowest BCUT2D eigenvalue weighted by molar-refractivity contribution is -0.118. The molecule has 1 aliphatic rings. The topological polar surface area (TPSA) is 58.6 Å². The number of carbonyl (C=O) groups excluding carboxylic acids is 2. The molecular formula is C25H18ClFN2O3S2. The van der Waals surface area contributed by atoms with Crippen molar-refractivity contribution in [3.05, 3.63) is 93.6 Å². The van der Waals surface area contributed by atoms with Gasteiger partial charge in [-0.3, -0.25) is 14.5 Å². The van der Waals surface area contributed by atoms with Gasteiger partial charge >= 0.3 is 0 Å². The first-order valence-corrected chi connectivity index (χ1v) is 11.7. The Labute approximate surface area is 210 Å². The van der Waals surface area contributed by atoms with Gasteiger partial charge in [0.2, 0.25) is 0 Å². The fourth-order valence-electron chi connectivity index (χ4n) is 3.17. The van der Waals surface area contributed by atoms with E-state index in [4.69, 9.17) is 28.6 Å². The van der Waals surface area contributed by atoms with E-state index in [1.54, 1.807) is 30.3 Å². The Morgan fingerprint density at radius 1 is 1.18 bits per heavy atom. The fraction of sp³-hybridized carbons (Fsp3) is 0.0800. The first-order chi connectivity index (χ1) is 16.3. The number of thiocarbonyl (C=S) groups is 1. The van der Waals surface area contributed by atoms with E-state index in [0.29, 0.717) is 20.7 Å². The van der Waals surface area contributed by atoms with Gasteiger partial charge in [0.1, 0.15) is 11.6 Å². The van der Waals surface area contributed by atoms with Crippen LogP contribution in [0.2, 0.25) is 5.02 Å². The number of ether oxygens (including phenoxy) is 1. The summed E-state index contributed by atoms with van der Waals surface area (Å²) in [6.07, 6.45) is 1.71. The van der Waals surface area contributed by atoms with Crippen molar-refractivity contribution in [3.63, 3.8) is 0 Å². The zero-order valence-electron chi connectivity index (χ0n) is 17.9. The van der Waals surface area contributed by atoms with Gasteiger partial charge in [-0.05, 0) is 60.5 Å². The summed E-state index contributed by atoms with van der Waals surface area (Å²) in [4.78, 5) is 26.8. The molecule has 3 aromatic carbocycles. The largest absolute Gasteiger partial charge is 0.484 e. The number of nitrogens with zero attached hydrogens (tertiary/aromatic N) is 1. The molecule has 4 rings (SSSR count). The smallest absolute Gasteiger partial charge is 0.270 e. The molecule has 34 heavy (non-hydrogen) atoms. The van der Waals surface area contributed by atoms with Crippen LogP contribution < -0.4 is 15.0 Å². The van der Waals surface area contributed by atoms with Crippen LogP contribution in [-0.2, 0) is 9.59 Å². The third-order valence-electron chi connectivity index (χ3n) is 4.92. The van der Waals surface area contributed by atoms with Crippen molar-refractivity contribution in [1.29, 1.82) is 0 Å². The van der Waals surface area contributed by atoms with Gasteiger partial charge in [0.05, 0.1) is 15.6 Å². The average Bonchev–Trinajstić information content (AvgIpc) is 3.09. The Morgan fingerprint density at radius 3 is 2.62 bits per heavy atom. The third-order valence-corrected chi connectivity index (χ3v) is 6.51. The van der Waals surface area contributed by atoms with Crippen molar-refractivity contribution in [2.45, 2.75) is 6.92 Å². The molecule has 9 heteroatoms. The molecule has 0 saturated carbocycles. The van der Waals surface area contributed by atoms with Gasteiger partial charge in [-0.15, -0.1) is 0 Å². The van der Waals surface area contributed by atoms with Crippen LogP contribution in [0.4, 0.5) is 15.8 Å². The highest BCUT2D eigenvalue weighted by Crippen LogP contribution is 2.37. The maximum Gasteiger partial charge on any atom is 0.270 e. The number of rotatable bonds is 6. The zero-order valence-corrected chi connectivity index (χ0v) is 20.3. The van der Waals surface area contributed by atoms with Gasteiger partial charge in [-0.25, -0.2) is 4.39 Å². The minimum absolute atomic E-state index is 0.0845. The number of aryl methyl sites for hydroxylation is 1. The average molecular weight is 513 g/mol. The second-order valence-corrected chi connectivity index (χ2v) is 9.42. The minimum Gasteiger partial charge on any atom is -0.484 e. The quantitative estimate of drug-likeness (QED) is 0.314. The van der Waals surface area contributed by atoms with Gasteiger partial charge in [-0.1, -0.05) is 65.9 Å². The van der Waals surface area contributed by atoms with E-state index in [0.717, 1.165) is 28.6 Å². The third kappa shape index (κ3) is 5.47. The Hall–Kier alpha value is -3.20. The molecule has 0 spiro atoms. The van der Waals surface area contributed by atoms with Crippen LogP contribution in [-0.4, -0.2) is 22.7 Å². The summed E-state index contributed by atoms with van der Waals surface area (Å²) in [5, 5.41) is 2.73. The molecule has 0 unspecified atom stereocenters. The predicted octanol–water partition coefficient (Wildman–Crippen LogP) is 6.21. The summed E-state index contributed by atoms with van der Waals surface area (Å²) in [5.74, 6) is -0.624. The van der Waals surface area contributed by atoms with Crippen LogP contribution in [0, 0.1) is 12.7 Å². The van der Waals surface area contributed by atoms with Crippen molar-refractivity contribution >= 4 is 69.2 Å². The number of hydrogen-bond acceptors (Lipinski definition) is 5. The van der Waals surface area contributed by atoms with Crippen LogP contribution in [0.15, 0.2) is 71.6 Å². The minimum atomic E-state index is -0.568. The molecule has 2 amide bonds. The predicted molar refractivity (Wildman–Crippen MR) is 139 cm³/mol. The van der Waals surface area contributed by atoms with E-state index in [-0.39, 0.29) is 23.4 Å². The van der Waals surface area contributed by atoms with Crippen molar-refractivity contribution in [2.24, 2.45) is 0 Å². The lowest BCUT2D eigenvalue weighted by atomic mass is 10.2. The molecule has 0 atom stereocenters. The van der Waals surface area contributed by atoms with Gasteiger partial charge in [0.15, 0.2) is 10.9 Å². The normalized spacial score (nSPS) is 14.6. The highest BCUT2D eigenvalue weighted by atomic mass is 35.5. The van der Waals surface area contributed by atoms with Crippen molar-refractivity contribution in [1.82, 2.24) is 0 Å². The second kappa shape index (κ2) is 10.4. The van der Waals surface area contributed by atoms with Crippen LogP contribution in [0.25, 0.3) is 6.08 Å². The molecule has 1 saturated heterocycles. The van der Waals surface area contributed by atoms with Crippen molar-refractivity contribution < 1.29 is 18.7 Å². The Bertz CT molecular complexity index is 1310. The molecule has 3 aromatic rings. The van der Waals surface area contributed by atoms with Crippen molar-refractivity contribution in [2.75, 3.05) is 16.8 Å². The molecule has 1 fully saturated rings. The Morgan fingerprint density at radius 2 is 1.91 bits per heavy atom. The van der Waals surface area contributed by atoms with E-state index in [9.17, 15) is 14.0 Å². The van der Waals surface area contributed by atoms with Crippen LogP contribution in [0.1, 0.15) is 11.1 Å². The summed E-state index contributed by atoms with van der Waals surface area (Å²) >= 11 is 12.3. The monoisotopic (exact) mass is 512 g/mol. The summed E-state index contributed by atoms with van der Waals surface area (Å²) in [7, 11) is 0. The second-order valence-electron chi connectivity index (χ2n) is 7.34. The maximum atomic E-state index is 13.5. The first kappa shape index (κ1) is 23.9. The van der Waals surface area contributed by atoms with Crippen LogP contribution in [0.5, 0.6) is 5.75 Å². The standard InChI is InChI=1S/C25H18ClFN2O3S2/c1-15-4-2-3-5-21(15)28-23(30)14-32-18-9-6-16(7-10-18)12-22-24(31)29(25(33)34-22)17-8-11-20(27)19(26)13-17/h2-13H,14H2,1H3,(H,28,30)/b22-12+. The van der Waals surface area contributed by atoms with Crippen LogP contribution in [0.3, 0.4) is 0 Å². The molecule has 5 nitrogen and oxygen atoms in total. The van der Waals surface area contributed by atoms with Gasteiger partial charge < -0.3 is 10.1 Å². The number of halogens is 2. The number of nitrogens with one attached hydrogen (secondary N) is 1. The molecule has 0 radical (unpaired) electrons. The molecule has 1 heterocycles. The lowest BCUT2D eigenvalue weighted by Crippen LogP contribution is -2.27. The van der Waals surface area contributed by atoms with Gasteiger partial charge in [-0.2, -0.15) is 0 Å². The summed E-state index contributed by atoms with van der Waals surface area (Å²) in [6.45, 7) is 1.78. The first-order valence-electron chi connectivity index (χ1n) is 10.1.